The lowest BCUT2D eigenvalue weighted by molar-refractivity contribution is -0.393. The minimum absolute atomic E-state index is 0.00903. The average Bonchev–Trinajstić information content (AvgIpc) is 2.65. The summed E-state index contributed by atoms with van der Waals surface area (Å²) < 4.78 is 14.8. The molecule has 3 N–H and O–H groups in total. The van der Waals surface area contributed by atoms with Gasteiger partial charge in [0.15, 0.2) is 0 Å². The topological polar surface area (TPSA) is 185 Å². The molecule has 0 aliphatic rings. The van der Waals surface area contributed by atoms with Crippen LogP contribution in [0.4, 0.5) is 17.1 Å². The molecule has 30 heavy (non-hydrogen) atoms. The first kappa shape index (κ1) is 26.0. The van der Waals surface area contributed by atoms with Crippen molar-refractivity contribution in [2.45, 2.75) is 6.42 Å². The van der Waals surface area contributed by atoms with Crippen LogP contribution in [0.1, 0.15) is 16.8 Å². The Bertz CT molecular complexity index is 830. The quantitative estimate of drug-likeness (QED) is 0.122. The molecule has 0 saturated heterocycles. The molecule has 0 heterocycles. The van der Waals surface area contributed by atoms with Crippen molar-refractivity contribution >= 4 is 54.0 Å². The number of phosphoric acid groups is 1. The lowest BCUT2D eigenvalue weighted by atomic mass is 10.1. The number of nitrogens with zero attached hydrogens (tertiary/aromatic N) is 3. The van der Waals surface area contributed by atoms with Crippen LogP contribution in [0, 0.1) is 20.2 Å². The second-order valence-electron chi connectivity index (χ2n) is 5.67. The zero-order valence-electron chi connectivity index (χ0n) is 15.4. The summed E-state index contributed by atoms with van der Waals surface area (Å²) in [5.41, 5.74) is -1.83. The Morgan fingerprint density at radius 1 is 1.13 bits per heavy atom. The smallest absolute Gasteiger partial charge is 0.364 e. The van der Waals surface area contributed by atoms with Crippen molar-refractivity contribution in [1.82, 2.24) is 5.32 Å². The van der Waals surface area contributed by atoms with E-state index in [0.717, 1.165) is 6.07 Å². The maximum absolute atomic E-state index is 12.5. The Morgan fingerprint density at radius 2 is 1.70 bits per heavy atom. The maximum atomic E-state index is 12.5. The number of carbonyl (C=O) groups excluding carboxylic acids is 1. The average molecular weight is 489 g/mol. The number of hydrogen-bond donors (Lipinski definition) is 3. The molecular weight excluding hydrogens is 470 g/mol. The molecule has 1 aromatic carbocycles. The molecule has 16 heteroatoms. The van der Waals surface area contributed by atoms with Crippen LogP contribution in [-0.4, -0.2) is 63.5 Å². The molecule has 1 aromatic rings. The third kappa shape index (κ3) is 8.01. The third-order valence-electron chi connectivity index (χ3n) is 3.65. The minimum Gasteiger partial charge on any atom is -0.364 e. The molecule has 1 rings (SSSR count). The van der Waals surface area contributed by atoms with E-state index in [1.807, 2.05) is 0 Å². The van der Waals surface area contributed by atoms with Crippen molar-refractivity contribution in [3.05, 3.63) is 37.9 Å². The van der Waals surface area contributed by atoms with Crippen LogP contribution in [0.5, 0.6) is 0 Å². The van der Waals surface area contributed by atoms with Crippen molar-refractivity contribution in [2.75, 3.05) is 42.9 Å². The lowest BCUT2D eigenvalue weighted by Gasteiger charge is -2.23. The zero-order chi connectivity index (χ0) is 22.9. The van der Waals surface area contributed by atoms with Gasteiger partial charge in [0.05, 0.1) is 22.5 Å². The van der Waals surface area contributed by atoms with Crippen LogP contribution in [0.2, 0.25) is 0 Å². The lowest BCUT2D eigenvalue weighted by Crippen LogP contribution is -2.30. The summed E-state index contributed by atoms with van der Waals surface area (Å²) in [6, 6.07) is 1.72. The first-order valence-corrected chi connectivity index (χ1v) is 10.9. The van der Waals surface area contributed by atoms with E-state index in [9.17, 15) is 29.6 Å². The summed E-state index contributed by atoms with van der Waals surface area (Å²) in [5.74, 6) is -0.719. The van der Waals surface area contributed by atoms with Gasteiger partial charge >= 0.3 is 7.82 Å². The Labute approximate surface area is 180 Å². The number of anilines is 1. The molecular formula is C14H19Cl2N4O9P. The maximum Gasteiger partial charge on any atom is 0.469 e. The number of phosphoric ester groups is 1. The fourth-order valence-corrected chi connectivity index (χ4v) is 3.18. The number of alkyl halides is 2. The first-order valence-electron chi connectivity index (χ1n) is 8.33. The van der Waals surface area contributed by atoms with Crippen LogP contribution < -0.4 is 10.2 Å². The van der Waals surface area contributed by atoms with Gasteiger partial charge in [0.1, 0.15) is 11.3 Å². The number of nitro groups is 2. The molecule has 0 aliphatic carbocycles. The van der Waals surface area contributed by atoms with Gasteiger partial charge in [-0.05, 0) is 12.5 Å². The van der Waals surface area contributed by atoms with Gasteiger partial charge in [-0.15, -0.1) is 23.2 Å². The van der Waals surface area contributed by atoms with Crippen LogP contribution in [0.3, 0.4) is 0 Å². The SMILES string of the molecule is O=C(NCCCOP(=O)(O)O)c1cc(N(CCCl)CCCl)c([N+](=O)[O-])cc1[N+](=O)[O-]. The fraction of sp³-hybridized carbons (Fsp3) is 0.500. The number of rotatable bonds is 13. The summed E-state index contributed by atoms with van der Waals surface area (Å²) in [6.45, 7) is -0.186. The molecule has 1 amide bonds. The number of amides is 1. The highest BCUT2D eigenvalue weighted by Gasteiger charge is 2.30. The second-order valence-corrected chi connectivity index (χ2v) is 7.67. The number of hydrogen-bond acceptors (Lipinski definition) is 8. The molecule has 0 unspecified atom stereocenters. The van der Waals surface area contributed by atoms with Crippen LogP contribution in [0.15, 0.2) is 12.1 Å². The molecule has 168 valence electrons. The molecule has 0 aromatic heterocycles. The summed E-state index contributed by atoms with van der Waals surface area (Å²) in [5, 5.41) is 25.1. The number of nitro benzene ring substituents is 2. The normalized spacial score (nSPS) is 11.2. The molecule has 13 nitrogen and oxygen atoms in total. The summed E-state index contributed by atoms with van der Waals surface area (Å²) in [7, 11) is -4.65. The van der Waals surface area contributed by atoms with E-state index in [1.54, 1.807) is 0 Å². The summed E-state index contributed by atoms with van der Waals surface area (Å²) in [4.78, 5) is 52.1. The van der Waals surface area contributed by atoms with E-state index in [1.165, 1.54) is 4.90 Å². The monoisotopic (exact) mass is 488 g/mol. The van der Waals surface area contributed by atoms with Crippen molar-refractivity contribution in [2.24, 2.45) is 0 Å². The standard InChI is InChI=1S/C14H19Cl2N4O9P/c15-2-5-18(6-3-16)12-8-10(11(19(22)23)9-13(12)20(24)25)14(21)17-4-1-7-29-30(26,27)28/h8-9H,1-7H2,(H,17,21)(H2,26,27,28). The highest BCUT2D eigenvalue weighted by atomic mass is 35.5. The largest absolute Gasteiger partial charge is 0.469 e. The van der Waals surface area contributed by atoms with Gasteiger partial charge in [0.2, 0.25) is 0 Å². The molecule has 0 aliphatic heterocycles. The van der Waals surface area contributed by atoms with Crippen molar-refractivity contribution in [3.8, 4) is 0 Å². The Morgan fingerprint density at radius 3 is 2.17 bits per heavy atom. The van der Waals surface area contributed by atoms with Crippen molar-refractivity contribution in [1.29, 1.82) is 0 Å². The predicted octanol–water partition coefficient (Wildman–Crippen LogP) is 2.02. The molecule has 0 saturated carbocycles. The van der Waals surface area contributed by atoms with Crippen LogP contribution in [-0.2, 0) is 9.09 Å². The Kier molecular flexibility index (Phi) is 10.4. The van der Waals surface area contributed by atoms with Crippen molar-refractivity contribution < 1.29 is 33.5 Å². The zero-order valence-corrected chi connectivity index (χ0v) is 17.8. The number of halogens is 2. The molecule has 0 radical (unpaired) electrons. The van der Waals surface area contributed by atoms with Gasteiger partial charge in [-0.3, -0.25) is 29.5 Å². The highest BCUT2D eigenvalue weighted by molar-refractivity contribution is 7.46. The van der Waals surface area contributed by atoms with Gasteiger partial charge in [-0.25, -0.2) is 4.57 Å². The number of benzene rings is 1. The number of nitrogens with one attached hydrogen (secondary N) is 1. The van der Waals surface area contributed by atoms with Crippen LogP contribution >= 0.6 is 31.0 Å². The highest BCUT2D eigenvalue weighted by Crippen LogP contribution is 2.36. The van der Waals surface area contributed by atoms with Gasteiger partial charge in [0.25, 0.3) is 17.3 Å². The Hall–Kier alpha value is -2.02. The predicted molar refractivity (Wildman–Crippen MR) is 108 cm³/mol. The second kappa shape index (κ2) is 12.0. The molecule has 0 atom stereocenters. The van der Waals surface area contributed by atoms with E-state index in [-0.39, 0.29) is 50.1 Å². The van der Waals surface area contributed by atoms with Crippen LogP contribution in [0.25, 0.3) is 0 Å². The number of carbonyl (C=O) groups is 1. The Balaban J connectivity index is 3.20. The van der Waals surface area contributed by atoms with E-state index in [4.69, 9.17) is 33.0 Å². The fourth-order valence-electron chi connectivity index (χ4n) is 2.41. The van der Waals surface area contributed by atoms with E-state index in [0.29, 0.717) is 6.07 Å². The van der Waals surface area contributed by atoms with E-state index in [2.05, 4.69) is 9.84 Å². The van der Waals surface area contributed by atoms with Gasteiger partial charge in [0, 0.05) is 31.4 Å². The minimum atomic E-state index is -4.65. The first-order chi connectivity index (χ1) is 14.0. The van der Waals surface area contributed by atoms with Gasteiger partial charge in [-0.1, -0.05) is 0 Å². The van der Waals surface area contributed by atoms with Gasteiger partial charge in [-0.2, -0.15) is 0 Å². The molecule has 0 spiro atoms. The molecule has 0 bridgehead atoms. The van der Waals surface area contributed by atoms with Gasteiger partial charge < -0.3 is 20.0 Å². The van der Waals surface area contributed by atoms with Crippen molar-refractivity contribution in [3.63, 3.8) is 0 Å². The third-order valence-corrected chi connectivity index (χ3v) is 4.50. The molecule has 0 fully saturated rings. The van der Waals surface area contributed by atoms with E-state index >= 15 is 0 Å². The summed E-state index contributed by atoms with van der Waals surface area (Å²) in [6.07, 6.45) is 0.00903. The summed E-state index contributed by atoms with van der Waals surface area (Å²) >= 11 is 11.4. The van der Waals surface area contributed by atoms with E-state index < -0.39 is 40.5 Å².